The van der Waals surface area contributed by atoms with E-state index in [4.69, 9.17) is 0 Å². The molecule has 0 spiro atoms. The van der Waals surface area contributed by atoms with Gasteiger partial charge in [-0.3, -0.25) is 4.79 Å². The number of amides is 1. The van der Waals surface area contributed by atoms with Crippen LogP contribution in [0.15, 0.2) is 24.3 Å². The number of hydrogen-bond donors (Lipinski definition) is 0. The van der Waals surface area contributed by atoms with E-state index in [0.717, 1.165) is 30.4 Å². The molecule has 1 aromatic carbocycles. The number of carbonyl (C=O) groups excluding carboxylic acids is 1. The summed E-state index contributed by atoms with van der Waals surface area (Å²) in [7, 11) is 0. The first-order chi connectivity index (χ1) is 8.61. The predicted octanol–water partition coefficient (Wildman–Crippen LogP) is 3.67. The van der Waals surface area contributed by atoms with Crippen molar-refractivity contribution in [3.8, 4) is 0 Å². The Kier molecular flexibility index (Phi) is 4.44. The number of halogens is 1. The van der Waals surface area contributed by atoms with Crippen molar-refractivity contribution < 1.29 is 4.79 Å². The molecule has 1 atom stereocenters. The summed E-state index contributed by atoms with van der Waals surface area (Å²) in [5.41, 5.74) is 2.10. The van der Waals surface area contributed by atoms with Crippen molar-refractivity contribution in [2.24, 2.45) is 5.92 Å². The minimum absolute atomic E-state index is 0.175. The molecule has 0 saturated carbocycles. The van der Waals surface area contributed by atoms with Crippen molar-refractivity contribution >= 4 is 21.8 Å². The number of nitrogens with zero attached hydrogens (tertiary/aromatic N) is 1. The van der Waals surface area contributed by atoms with Gasteiger partial charge in [0.05, 0.1) is 0 Å². The number of likely N-dealkylation sites (tertiary alicyclic amines) is 1. The Hall–Kier alpha value is -0.830. The molecule has 1 heterocycles. The molecule has 1 aliphatic heterocycles. The molecule has 0 N–H and O–H groups in total. The van der Waals surface area contributed by atoms with Crippen LogP contribution in [0, 0.1) is 5.92 Å². The summed E-state index contributed by atoms with van der Waals surface area (Å²) in [6.07, 6.45) is 1.11. The van der Waals surface area contributed by atoms with Gasteiger partial charge in [0.25, 0.3) is 5.91 Å². The summed E-state index contributed by atoms with van der Waals surface area (Å²) >= 11 is 3.50. The van der Waals surface area contributed by atoms with Gasteiger partial charge in [-0.15, -0.1) is 0 Å². The maximum absolute atomic E-state index is 12.3. The zero-order valence-corrected chi connectivity index (χ0v) is 12.6. The van der Waals surface area contributed by atoms with Crippen LogP contribution in [0.1, 0.15) is 42.1 Å². The van der Waals surface area contributed by atoms with Crippen LogP contribution in [0.25, 0.3) is 0 Å². The fraction of sp³-hybridized carbons (Fsp3) is 0.533. The molecule has 1 aliphatic rings. The van der Waals surface area contributed by atoms with Crippen LogP contribution in [0.5, 0.6) is 0 Å². The van der Waals surface area contributed by atoms with Gasteiger partial charge in [0.15, 0.2) is 0 Å². The third kappa shape index (κ3) is 2.94. The van der Waals surface area contributed by atoms with Gasteiger partial charge in [-0.05, 0) is 36.0 Å². The molecule has 0 radical (unpaired) electrons. The minimum atomic E-state index is 0.175. The highest BCUT2D eigenvalue weighted by atomic mass is 79.9. The second kappa shape index (κ2) is 5.87. The Morgan fingerprint density at radius 2 is 2.06 bits per heavy atom. The van der Waals surface area contributed by atoms with Gasteiger partial charge < -0.3 is 4.90 Å². The highest BCUT2D eigenvalue weighted by molar-refractivity contribution is 9.09. The molecular weight excluding hydrogens is 290 g/mol. The first kappa shape index (κ1) is 13.6. The van der Waals surface area contributed by atoms with Crippen molar-refractivity contribution in [2.45, 2.75) is 26.2 Å². The summed E-state index contributed by atoms with van der Waals surface area (Å²) in [4.78, 5) is 14.3. The number of alkyl halides is 1. The highest BCUT2D eigenvalue weighted by Gasteiger charge is 2.26. The van der Waals surface area contributed by atoms with E-state index in [9.17, 15) is 4.79 Å². The van der Waals surface area contributed by atoms with E-state index < -0.39 is 0 Å². The Morgan fingerprint density at radius 1 is 1.39 bits per heavy atom. The van der Waals surface area contributed by atoms with Crippen molar-refractivity contribution in [1.29, 1.82) is 0 Å². The zero-order chi connectivity index (χ0) is 13.1. The molecule has 1 fully saturated rings. The summed E-state index contributed by atoms with van der Waals surface area (Å²) in [5, 5.41) is 0.989. The van der Waals surface area contributed by atoms with Gasteiger partial charge in [-0.2, -0.15) is 0 Å². The topological polar surface area (TPSA) is 20.3 Å². The normalized spacial score (nSPS) is 19.6. The van der Waals surface area contributed by atoms with E-state index in [1.165, 1.54) is 5.56 Å². The molecule has 1 aromatic rings. The fourth-order valence-electron chi connectivity index (χ4n) is 2.34. The van der Waals surface area contributed by atoms with Crippen LogP contribution < -0.4 is 0 Å². The Bertz CT molecular complexity index is 413. The van der Waals surface area contributed by atoms with Crippen LogP contribution >= 0.6 is 15.9 Å². The molecule has 0 aromatic heterocycles. The lowest BCUT2D eigenvalue weighted by atomic mass is 10.0. The number of rotatable bonds is 3. The first-order valence-corrected chi connectivity index (χ1v) is 7.69. The molecule has 2 rings (SSSR count). The lowest BCUT2D eigenvalue weighted by molar-refractivity contribution is 0.0788. The average Bonchev–Trinajstić information content (AvgIpc) is 2.86. The smallest absolute Gasteiger partial charge is 0.253 e. The van der Waals surface area contributed by atoms with Gasteiger partial charge in [-0.25, -0.2) is 0 Å². The lowest BCUT2D eigenvalue weighted by Gasteiger charge is -2.16. The molecule has 3 heteroatoms. The van der Waals surface area contributed by atoms with Gasteiger partial charge in [0.1, 0.15) is 0 Å². The van der Waals surface area contributed by atoms with E-state index in [0.29, 0.717) is 11.8 Å². The minimum Gasteiger partial charge on any atom is -0.338 e. The van der Waals surface area contributed by atoms with Crippen molar-refractivity contribution in [3.05, 3.63) is 35.4 Å². The number of carbonyl (C=O) groups is 1. The SMILES string of the molecule is CC(C)c1ccc(C(=O)N2CCC(CBr)C2)cc1. The van der Waals surface area contributed by atoms with Gasteiger partial charge in [-0.1, -0.05) is 41.9 Å². The van der Waals surface area contributed by atoms with E-state index in [1.807, 2.05) is 17.0 Å². The van der Waals surface area contributed by atoms with E-state index >= 15 is 0 Å². The predicted molar refractivity (Wildman–Crippen MR) is 78.3 cm³/mol. The van der Waals surface area contributed by atoms with E-state index in [-0.39, 0.29) is 5.91 Å². The summed E-state index contributed by atoms with van der Waals surface area (Å²) in [6.45, 7) is 6.10. The molecular formula is C15H20BrNO. The molecule has 98 valence electrons. The molecule has 1 saturated heterocycles. The third-order valence-electron chi connectivity index (χ3n) is 3.62. The molecule has 18 heavy (non-hydrogen) atoms. The zero-order valence-electron chi connectivity index (χ0n) is 11.0. The molecule has 0 aliphatic carbocycles. The average molecular weight is 310 g/mol. The Labute approximate surface area is 117 Å². The second-order valence-electron chi connectivity index (χ2n) is 5.34. The monoisotopic (exact) mass is 309 g/mol. The van der Waals surface area contributed by atoms with Crippen molar-refractivity contribution in [3.63, 3.8) is 0 Å². The Balaban J connectivity index is 2.05. The van der Waals surface area contributed by atoms with Crippen molar-refractivity contribution in [2.75, 3.05) is 18.4 Å². The summed E-state index contributed by atoms with van der Waals surface area (Å²) in [5.74, 6) is 1.30. The molecule has 0 bridgehead atoms. The van der Waals surface area contributed by atoms with Gasteiger partial charge in [0, 0.05) is 24.0 Å². The van der Waals surface area contributed by atoms with Gasteiger partial charge >= 0.3 is 0 Å². The quantitative estimate of drug-likeness (QED) is 0.780. The standard InChI is InChI=1S/C15H20BrNO/c1-11(2)13-3-5-14(6-4-13)15(18)17-8-7-12(9-16)10-17/h3-6,11-12H,7-10H2,1-2H3. The summed E-state index contributed by atoms with van der Waals surface area (Å²) < 4.78 is 0. The Morgan fingerprint density at radius 3 is 2.56 bits per heavy atom. The molecule has 1 unspecified atom stereocenters. The van der Waals surface area contributed by atoms with Crippen LogP contribution in [0.3, 0.4) is 0 Å². The largest absolute Gasteiger partial charge is 0.338 e. The fourth-order valence-corrected chi connectivity index (χ4v) is 2.86. The number of benzene rings is 1. The van der Waals surface area contributed by atoms with Crippen LogP contribution in [-0.2, 0) is 0 Å². The molecule has 1 amide bonds. The first-order valence-electron chi connectivity index (χ1n) is 6.57. The van der Waals surface area contributed by atoms with Crippen LogP contribution in [0.2, 0.25) is 0 Å². The second-order valence-corrected chi connectivity index (χ2v) is 5.98. The third-order valence-corrected chi connectivity index (χ3v) is 4.53. The van der Waals surface area contributed by atoms with Gasteiger partial charge in [0.2, 0.25) is 0 Å². The van der Waals surface area contributed by atoms with Crippen LogP contribution in [-0.4, -0.2) is 29.2 Å². The maximum Gasteiger partial charge on any atom is 0.253 e. The highest BCUT2D eigenvalue weighted by Crippen LogP contribution is 2.21. The summed E-state index contributed by atoms with van der Waals surface area (Å²) in [6, 6.07) is 8.05. The number of hydrogen-bond acceptors (Lipinski definition) is 1. The maximum atomic E-state index is 12.3. The van der Waals surface area contributed by atoms with Crippen molar-refractivity contribution in [1.82, 2.24) is 4.90 Å². The van der Waals surface area contributed by atoms with Crippen LogP contribution in [0.4, 0.5) is 0 Å². The molecule has 2 nitrogen and oxygen atoms in total. The van der Waals surface area contributed by atoms with E-state index in [1.54, 1.807) is 0 Å². The lowest BCUT2D eigenvalue weighted by Crippen LogP contribution is -2.28. The van der Waals surface area contributed by atoms with E-state index in [2.05, 4.69) is 41.9 Å².